The Kier molecular flexibility index (Phi) is 13.5. The minimum atomic E-state index is -0.793. The summed E-state index contributed by atoms with van der Waals surface area (Å²) in [6.07, 6.45) is 19.9. The molecule has 36 heavy (non-hydrogen) atoms. The van der Waals surface area contributed by atoms with Crippen molar-refractivity contribution in [2.75, 3.05) is 13.2 Å². The van der Waals surface area contributed by atoms with E-state index in [9.17, 15) is 9.90 Å². The number of carboxylic acid groups (broad SMARTS) is 1. The van der Waals surface area contributed by atoms with Crippen LogP contribution in [0.1, 0.15) is 96.8 Å². The van der Waals surface area contributed by atoms with Crippen LogP contribution in [0.15, 0.2) is 24.3 Å². The fourth-order valence-electron chi connectivity index (χ4n) is 5.49. The number of aliphatic hydroxyl groups excluding tert-OH is 1. The van der Waals surface area contributed by atoms with Crippen molar-refractivity contribution in [3.8, 4) is 0 Å². The maximum Gasteiger partial charge on any atom is 0.303 e. The third kappa shape index (κ3) is 10.3. The molecule has 3 fully saturated rings. The highest BCUT2D eigenvalue weighted by Crippen LogP contribution is 2.39. The largest absolute Gasteiger partial charge is 0.481 e. The van der Waals surface area contributed by atoms with Gasteiger partial charge >= 0.3 is 5.97 Å². The van der Waals surface area contributed by atoms with Crippen LogP contribution in [0.25, 0.3) is 0 Å². The van der Waals surface area contributed by atoms with E-state index < -0.39 is 12.1 Å². The third-order valence-electron chi connectivity index (χ3n) is 7.56. The second-order valence-corrected chi connectivity index (χ2v) is 10.5. The summed E-state index contributed by atoms with van der Waals surface area (Å²) in [5.74, 6) is -0.740. The number of carboxylic acids is 1. The Hall–Kier alpha value is -1.25. The molecule has 3 aliphatic rings. The van der Waals surface area contributed by atoms with Gasteiger partial charge in [-0.3, -0.25) is 4.79 Å². The fourth-order valence-corrected chi connectivity index (χ4v) is 5.49. The Morgan fingerprint density at radius 1 is 1.06 bits per heavy atom. The van der Waals surface area contributed by atoms with Crippen LogP contribution in [0.2, 0.25) is 0 Å². The number of unbranched alkanes of at least 4 members (excludes halogenated alkanes) is 2. The first-order valence-corrected chi connectivity index (χ1v) is 14.3. The lowest BCUT2D eigenvalue weighted by Crippen LogP contribution is -2.31. The van der Waals surface area contributed by atoms with Crippen molar-refractivity contribution in [1.29, 1.82) is 0 Å². The summed E-state index contributed by atoms with van der Waals surface area (Å²) >= 11 is 0. The first-order valence-electron chi connectivity index (χ1n) is 14.3. The maximum atomic E-state index is 11.0. The Balaban J connectivity index is 1.68. The summed E-state index contributed by atoms with van der Waals surface area (Å²) in [5.41, 5.74) is 0. The Labute approximate surface area is 217 Å². The minimum absolute atomic E-state index is 0.0122. The standard InChI is InChI=1S/C29H48O7/c1-2-3-5-12-22(35-28-15-8-10-19-33-28)17-18-24-23(13-6-4-7-14-27(31)32)25(30)21-26(24)36-29-16-9-11-20-34-29/h4,6,17-18,22-26,28-30H,2-3,5,7-16,19-21H2,1H3,(H,31,32)/t22-,23+,24+,25-,26+,28?,29?/m0/s1. The first-order chi connectivity index (χ1) is 17.6. The van der Waals surface area contributed by atoms with Crippen LogP contribution in [0, 0.1) is 11.8 Å². The van der Waals surface area contributed by atoms with E-state index in [1.165, 1.54) is 12.8 Å². The lowest BCUT2D eigenvalue weighted by Gasteiger charge is -2.30. The van der Waals surface area contributed by atoms with E-state index in [4.69, 9.17) is 24.1 Å². The summed E-state index contributed by atoms with van der Waals surface area (Å²) in [5, 5.41) is 19.9. The molecule has 0 amide bonds. The molecule has 2 unspecified atom stereocenters. The zero-order valence-electron chi connectivity index (χ0n) is 22.1. The predicted octanol–water partition coefficient (Wildman–Crippen LogP) is 5.75. The van der Waals surface area contributed by atoms with Gasteiger partial charge in [-0.2, -0.15) is 0 Å². The number of aliphatic carboxylic acids is 1. The molecular weight excluding hydrogens is 460 g/mol. The number of allylic oxidation sites excluding steroid dienone is 2. The van der Waals surface area contributed by atoms with Gasteiger partial charge in [0.15, 0.2) is 12.6 Å². The second-order valence-electron chi connectivity index (χ2n) is 10.5. The molecule has 3 rings (SSSR count). The number of carbonyl (C=O) groups is 1. The molecule has 0 spiro atoms. The third-order valence-corrected chi connectivity index (χ3v) is 7.56. The molecule has 7 nitrogen and oxygen atoms in total. The van der Waals surface area contributed by atoms with Crippen LogP contribution in [-0.2, 0) is 23.7 Å². The summed E-state index contributed by atoms with van der Waals surface area (Å²) in [4.78, 5) is 10.8. The van der Waals surface area contributed by atoms with E-state index in [0.717, 1.165) is 64.6 Å². The van der Waals surface area contributed by atoms with Gasteiger partial charge in [0.05, 0.1) is 18.3 Å². The molecule has 0 aromatic carbocycles. The van der Waals surface area contributed by atoms with Crippen LogP contribution < -0.4 is 0 Å². The molecule has 0 radical (unpaired) electrons. The average molecular weight is 509 g/mol. The molecule has 1 saturated carbocycles. The minimum Gasteiger partial charge on any atom is -0.481 e. The topological polar surface area (TPSA) is 94.5 Å². The molecule has 0 aromatic heterocycles. The zero-order chi connectivity index (χ0) is 25.6. The van der Waals surface area contributed by atoms with E-state index in [0.29, 0.717) is 19.3 Å². The molecule has 206 valence electrons. The van der Waals surface area contributed by atoms with Gasteiger partial charge in [0.2, 0.25) is 0 Å². The van der Waals surface area contributed by atoms with Crippen LogP contribution in [-0.4, -0.2) is 60.3 Å². The number of hydrogen-bond donors (Lipinski definition) is 2. The van der Waals surface area contributed by atoms with E-state index in [1.807, 2.05) is 12.2 Å². The van der Waals surface area contributed by atoms with Gasteiger partial charge in [-0.15, -0.1) is 0 Å². The lowest BCUT2D eigenvalue weighted by molar-refractivity contribution is -0.193. The first kappa shape index (κ1) is 29.3. The van der Waals surface area contributed by atoms with Gasteiger partial charge in [-0.05, 0) is 63.7 Å². The molecule has 2 aliphatic heterocycles. The zero-order valence-corrected chi connectivity index (χ0v) is 22.1. The van der Waals surface area contributed by atoms with Gasteiger partial charge in [0.1, 0.15) is 0 Å². The lowest BCUT2D eigenvalue weighted by atomic mass is 9.89. The number of ether oxygens (including phenoxy) is 4. The van der Waals surface area contributed by atoms with E-state index in [-0.39, 0.29) is 43.0 Å². The predicted molar refractivity (Wildman–Crippen MR) is 138 cm³/mol. The van der Waals surface area contributed by atoms with E-state index in [2.05, 4.69) is 19.1 Å². The smallest absolute Gasteiger partial charge is 0.303 e. The molecule has 1 aliphatic carbocycles. The highest BCUT2D eigenvalue weighted by atomic mass is 16.7. The van der Waals surface area contributed by atoms with Gasteiger partial charge in [0.25, 0.3) is 0 Å². The highest BCUT2D eigenvalue weighted by Gasteiger charge is 2.42. The fraction of sp³-hybridized carbons (Fsp3) is 0.828. The van der Waals surface area contributed by atoms with Crippen molar-refractivity contribution in [3.05, 3.63) is 24.3 Å². The number of aliphatic hydroxyl groups is 1. The van der Waals surface area contributed by atoms with Crippen LogP contribution in [0.4, 0.5) is 0 Å². The molecule has 2 heterocycles. The van der Waals surface area contributed by atoms with Crippen molar-refractivity contribution in [2.24, 2.45) is 11.8 Å². The monoisotopic (exact) mass is 508 g/mol. The van der Waals surface area contributed by atoms with Crippen molar-refractivity contribution in [1.82, 2.24) is 0 Å². The number of rotatable bonds is 15. The number of hydrogen-bond acceptors (Lipinski definition) is 6. The SMILES string of the molecule is CCCCC[C@@H](C=C[C@@H]1[C@@H](CC=CCCC(=O)O)[C@@H](O)C[C@H]1OC1CCCCO1)OC1CCCCO1. The Morgan fingerprint density at radius 2 is 1.81 bits per heavy atom. The molecule has 2 saturated heterocycles. The summed E-state index contributed by atoms with van der Waals surface area (Å²) in [7, 11) is 0. The molecular formula is C29H48O7. The van der Waals surface area contributed by atoms with E-state index in [1.54, 1.807) is 0 Å². The Bertz CT molecular complexity index is 667. The molecule has 7 atom stereocenters. The summed E-state index contributed by atoms with van der Waals surface area (Å²) < 4.78 is 24.5. The van der Waals surface area contributed by atoms with E-state index >= 15 is 0 Å². The maximum absolute atomic E-state index is 11.0. The van der Waals surface area contributed by atoms with Crippen LogP contribution in [0.3, 0.4) is 0 Å². The van der Waals surface area contributed by atoms with Crippen molar-refractivity contribution >= 4 is 5.97 Å². The molecule has 0 bridgehead atoms. The van der Waals surface area contributed by atoms with Crippen molar-refractivity contribution < 1.29 is 34.0 Å². The molecule has 2 N–H and O–H groups in total. The van der Waals surface area contributed by atoms with Crippen LogP contribution in [0.5, 0.6) is 0 Å². The van der Waals surface area contributed by atoms with Crippen LogP contribution >= 0.6 is 0 Å². The molecule has 7 heteroatoms. The highest BCUT2D eigenvalue weighted by molar-refractivity contribution is 5.66. The normalized spacial score (nSPS) is 32.4. The van der Waals surface area contributed by atoms with Gasteiger partial charge in [-0.1, -0.05) is 50.5 Å². The average Bonchev–Trinajstić information content (AvgIpc) is 3.17. The Morgan fingerprint density at radius 3 is 2.47 bits per heavy atom. The molecule has 0 aromatic rings. The quantitative estimate of drug-likeness (QED) is 0.215. The summed E-state index contributed by atoms with van der Waals surface area (Å²) in [6.45, 7) is 3.70. The van der Waals surface area contributed by atoms with Gasteiger partial charge < -0.3 is 29.2 Å². The van der Waals surface area contributed by atoms with Gasteiger partial charge in [0, 0.05) is 32.0 Å². The van der Waals surface area contributed by atoms with Gasteiger partial charge in [-0.25, -0.2) is 0 Å². The second kappa shape index (κ2) is 16.6. The van der Waals surface area contributed by atoms with Crippen molar-refractivity contribution in [3.63, 3.8) is 0 Å². The van der Waals surface area contributed by atoms with Crippen molar-refractivity contribution in [2.45, 2.75) is 128 Å². The summed E-state index contributed by atoms with van der Waals surface area (Å²) in [6, 6.07) is 0.